The lowest BCUT2D eigenvalue weighted by Gasteiger charge is -2.21. The second kappa shape index (κ2) is 5.29. The molecule has 1 aromatic heterocycles. The van der Waals surface area contributed by atoms with Crippen LogP contribution in [-0.4, -0.2) is 39.9 Å². The highest BCUT2D eigenvalue weighted by Gasteiger charge is 2.37. The standard InChI is InChI=1S/C12H15N5O2S/c18-20(19,9-10-5-2-1-3-6-10)17-8-4-7-11(17)12-13-15-16-14-12/h1-3,5-6,11H,4,7-9H2,(H,13,14,15,16)/t11-/m0/s1. The summed E-state index contributed by atoms with van der Waals surface area (Å²) in [7, 11) is -3.38. The molecule has 1 fully saturated rings. The Kier molecular flexibility index (Phi) is 3.49. The molecule has 2 aromatic rings. The Bertz CT molecular complexity index is 656. The predicted octanol–water partition coefficient (Wildman–Crippen LogP) is 0.867. The van der Waals surface area contributed by atoms with Crippen LogP contribution in [0.15, 0.2) is 30.3 Å². The molecular weight excluding hydrogens is 278 g/mol. The highest BCUT2D eigenvalue weighted by molar-refractivity contribution is 7.88. The van der Waals surface area contributed by atoms with E-state index in [2.05, 4.69) is 20.6 Å². The number of benzene rings is 1. The first-order valence-corrected chi connectivity index (χ1v) is 8.04. The molecule has 7 nitrogen and oxygen atoms in total. The van der Waals surface area contributed by atoms with Crippen LogP contribution in [0.5, 0.6) is 0 Å². The first-order valence-electron chi connectivity index (χ1n) is 6.43. The Morgan fingerprint density at radius 2 is 2.10 bits per heavy atom. The number of H-pyrrole nitrogens is 1. The van der Waals surface area contributed by atoms with E-state index in [9.17, 15) is 8.42 Å². The van der Waals surface area contributed by atoms with Crippen LogP contribution in [-0.2, 0) is 15.8 Å². The monoisotopic (exact) mass is 293 g/mol. The molecule has 1 aromatic carbocycles. The van der Waals surface area contributed by atoms with Gasteiger partial charge in [-0.2, -0.15) is 9.52 Å². The highest BCUT2D eigenvalue weighted by Crippen LogP contribution is 2.32. The van der Waals surface area contributed by atoms with E-state index in [1.165, 1.54) is 4.31 Å². The molecular formula is C12H15N5O2S. The van der Waals surface area contributed by atoms with E-state index < -0.39 is 10.0 Å². The SMILES string of the molecule is O=S(=O)(Cc1ccccc1)N1CCC[C@H]1c1nn[nH]n1. The van der Waals surface area contributed by atoms with Crippen molar-refractivity contribution in [2.24, 2.45) is 0 Å². The second-order valence-corrected chi connectivity index (χ2v) is 6.70. The molecule has 0 saturated carbocycles. The third kappa shape index (κ3) is 2.56. The first-order chi connectivity index (χ1) is 9.67. The highest BCUT2D eigenvalue weighted by atomic mass is 32.2. The van der Waals surface area contributed by atoms with E-state index in [0.717, 1.165) is 18.4 Å². The fraction of sp³-hybridized carbons (Fsp3) is 0.417. The molecule has 20 heavy (non-hydrogen) atoms. The van der Waals surface area contributed by atoms with Crippen LogP contribution in [0.2, 0.25) is 0 Å². The summed E-state index contributed by atoms with van der Waals surface area (Å²) in [5, 5.41) is 13.7. The van der Waals surface area contributed by atoms with Gasteiger partial charge >= 0.3 is 0 Å². The zero-order chi connectivity index (χ0) is 14.0. The summed E-state index contributed by atoms with van der Waals surface area (Å²) < 4.78 is 26.6. The average molecular weight is 293 g/mol. The Morgan fingerprint density at radius 1 is 1.30 bits per heavy atom. The average Bonchev–Trinajstić information content (AvgIpc) is 3.10. The van der Waals surface area contributed by atoms with Crippen molar-refractivity contribution in [3.05, 3.63) is 41.7 Å². The summed E-state index contributed by atoms with van der Waals surface area (Å²) in [5.74, 6) is 0.446. The summed E-state index contributed by atoms with van der Waals surface area (Å²) in [6.07, 6.45) is 1.54. The van der Waals surface area contributed by atoms with Crippen LogP contribution < -0.4 is 0 Å². The lowest BCUT2D eigenvalue weighted by Crippen LogP contribution is -2.32. The van der Waals surface area contributed by atoms with Gasteiger partial charge < -0.3 is 0 Å². The topological polar surface area (TPSA) is 91.8 Å². The van der Waals surface area contributed by atoms with Crippen LogP contribution in [0, 0.1) is 0 Å². The number of aromatic nitrogens is 4. The summed E-state index contributed by atoms with van der Waals surface area (Å²) >= 11 is 0. The number of tetrazole rings is 1. The molecule has 106 valence electrons. The Balaban J connectivity index is 1.83. The van der Waals surface area contributed by atoms with Crippen LogP contribution in [0.4, 0.5) is 0 Å². The van der Waals surface area contributed by atoms with Gasteiger partial charge in [0.25, 0.3) is 0 Å². The van der Waals surface area contributed by atoms with Gasteiger partial charge in [0.15, 0.2) is 5.82 Å². The molecule has 2 heterocycles. The Morgan fingerprint density at radius 3 is 2.80 bits per heavy atom. The van der Waals surface area contributed by atoms with Crippen molar-refractivity contribution in [1.82, 2.24) is 24.9 Å². The molecule has 1 N–H and O–H groups in total. The normalized spacial score (nSPS) is 20.3. The van der Waals surface area contributed by atoms with E-state index in [1.54, 1.807) is 0 Å². The van der Waals surface area contributed by atoms with Crippen LogP contribution in [0.1, 0.15) is 30.3 Å². The largest absolute Gasteiger partial charge is 0.218 e. The van der Waals surface area contributed by atoms with Crippen molar-refractivity contribution >= 4 is 10.0 Å². The Hall–Kier alpha value is -1.80. The van der Waals surface area contributed by atoms with E-state index >= 15 is 0 Å². The van der Waals surface area contributed by atoms with E-state index in [-0.39, 0.29) is 11.8 Å². The molecule has 0 radical (unpaired) electrons. The maximum absolute atomic E-state index is 12.5. The van der Waals surface area contributed by atoms with Crippen molar-refractivity contribution in [1.29, 1.82) is 0 Å². The minimum Gasteiger partial charge on any atom is -0.212 e. The van der Waals surface area contributed by atoms with Crippen molar-refractivity contribution in [2.45, 2.75) is 24.6 Å². The fourth-order valence-corrected chi connectivity index (χ4v) is 4.28. The van der Waals surface area contributed by atoms with E-state index in [4.69, 9.17) is 0 Å². The second-order valence-electron chi connectivity index (χ2n) is 4.78. The van der Waals surface area contributed by atoms with Gasteiger partial charge in [0.1, 0.15) is 0 Å². The number of hydrogen-bond acceptors (Lipinski definition) is 5. The lowest BCUT2D eigenvalue weighted by molar-refractivity contribution is 0.383. The molecule has 1 aliphatic heterocycles. The van der Waals surface area contributed by atoms with Crippen molar-refractivity contribution in [3.63, 3.8) is 0 Å². The number of nitrogens with one attached hydrogen (secondary N) is 1. The number of nitrogens with zero attached hydrogens (tertiary/aromatic N) is 4. The lowest BCUT2D eigenvalue weighted by atomic mass is 10.2. The molecule has 8 heteroatoms. The zero-order valence-corrected chi connectivity index (χ0v) is 11.6. The van der Waals surface area contributed by atoms with Gasteiger partial charge in [-0.05, 0) is 18.4 Å². The number of rotatable bonds is 4. The minimum absolute atomic E-state index is 0.00217. The van der Waals surface area contributed by atoms with E-state index in [1.807, 2.05) is 30.3 Å². The third-order valence-corrected chi connectivity index (χ3v) is 5.26. The van der Waals surface area contributed by atoms with Crippen LogP contribution in [0.3, 0.4) is 0 Å². The number of sulfonamides is 1. The van der Waals surface area contributed by atoms with Gasteiger partial charge in [-0.15, -0.1) is 10.2 Å². The molecule has 1 atom stereocenters. The quantitative estimate of drug-likeness (QED) is 0.903. The molecule has 0 unspecified atom stereocenters. The summed E-state index contributed by atoms with van der Waals surface area (Å²) in [4.78, 5) is 0. The number of hydrogen-bond donors (Lipinski definition) is 1. The van der Waals surface area contributed by atoms with Gasteiger partial charge in [-0.3, -0.25) is 0 Å². The molecule has 0 amide bonds. The smallest absolute Gasteiger partial charge is 0.212 e. The van der Waals surface area contributed by atoms with Gasteiger partial charge in [-0.25, -0.2) is 8.42 Å². The summed E-state index contributed by atoms with van der Waals surface area (Å²) in [5.41, 5.74) is 0.784. The minimum atomic E-state index is -3.38. The van der Waals surface area contributed by atoms with Gasteiger partial charge in [0.2, 0.25) is 10.0 Å². The molecule has 0 aliphatic carbocycles. The Labute approximate surface area is 117 Å². The van der Waals surface area contributed by atoms with Gasteiger partial charge in [0.05, 0.1) is 11.8 Å². The van der Waals surface area contributed by atoms with Crippen molar-refractivity contribution in [2.75, 3.05) is 6.54 Å². The van der Waals surface area contributed by atoms with Crippen LogP contribution in [0.25, 0.3) is 0 Å². The van der Waals surface area contributed by atoms with Crippen LogP contribution >= 0.6 is 0 Å². The molecule has 1 aliphatic rings. The van der Waals surface area contributed by atoms with Gasteiger partial charge in [0, 0.05) is 6.54 Å². The van der Waals surface area contributed by atoms with Crippen molar-refractivity contribution in [3.8, 4) is 0 Å². The zero-order valence-electron chi connectivity index (χ0n) is 10.8. The predicted molar refractivity (Wildman–Crippen MR) is 71.9 cm³/mol. The molecule has 0 spiro atoms. The first kappa shape index (κ1) is 13.2. The molecule has 3 rings (SSSR count). The fourth-order valence-electron chi connectivity index (χ4n) is 2.51. The summed E-state index contributed by atoms with van der Waals surface area (Å²) in [6.45, 7) is 0.508. The van der Waals surface area contributed by atoms with Gasteiger partial charge in [-0.1, -0.05) is 35.5 Å². The summed E-state index contributed by atoms with van der Waals surface area (Å²) in [6, 6.07) is 8.88. The third-order valence-electron chi connectivity index (χ3n) is 3.41. The van der Waals surface area contributed by atoms with E-state index in [0.29, 0.717) is 12.4 Å². The maximum Gasteiger partial charge on any atom is 0.218 e. The van der Waals surface area contributed by atoms with Crippen molar-refractivity contribution < 1.29 is 8.42 Å². The molecule has 0 bridgehead atoms. The maximum atomic E-state index is 12.5. The number of aromatic amines is 1. The molecule has 1 saturated heterocycles.